The maximum Gasteiger partial charge on any atom is 0.262 e. The van der Waals surface area contributed by atoms with Gasteiger partial charge in [0.15, 0.2) is 0 Å². The Morgan fingerprint density at radius 1 is 1.04 bits per heavy atom. The smallest absolute Gasteiger partial charge is 0.262 e. The molecule has 0 spiro atoms. The van der Waals surface area contributed by atoms with Crippen LogP contribution in [-0.2, 0) is 6.42 Å². The van der Waals surface area contributed by atoms with Gasteiger partial charge in [-0.1, -0.05) is 35.6 Å². The lowest BCUT2D eigenvalue weighted by Crippen LogP contribution is -2.35. The topological polar surface area (TPSA) is 98.4 Å². The molecule has 7 nitrogen and oxygen atoms in total. The SMILES string of the molecule is COc1ccc(CC(c2nnc(N)s2)N2C(=O)c3ccccc3C2=O)cc1. The van der Waals surface area contributed by atoms with E-state index in [1.807, 2.05) is 24.3 Å². The van der Waals surface area contributed by atoms with E-state index in [1.54, 1.807) is 31.4 Å². The minimum Gasteiger partial charge on any atom is -0.497 e. The summed E-state index contributed by atoms with van der Waals surface area (Å²) in [5.74, 6) is 0.0713. The first-order valence-corrected chi connectivity index (χ1v) is 9.09. The molecule has 8 heteroatoms. The fraction of sp³-hybridized carbons (Fsp3) is 0.158. The highest BCUT2D eigenvalue weighted by molar-refractivity contribution is 7.15. The molecule has 1 aromatic heterocycles. The van der Waals surface area contributed by atoms with Crippen LogP contribution in [0.1, 0.15) is 37.3 Å². The number of methoxy groups -OCH3 is 1. The predicted octanol–water partition coefficient (Wildman–Crippen LogP) is 2.71. The highest BCUT2D eigenvalue weighted by Gasteiger charge is 2.41. The predicted molar refractivity (Wildman–Crippen MR) is 101 cm³/mol. The van der Waals surface area contributed by atoms with E-state index in [1.165, 1.54) is 16.2 Å². The second-order valence-electron chi connectivity index (χ2n) is 6.07. The Hall–Kier alpha value is -3.26. The third kappa shape index (κ3) is 3.04. The molecule has 3 aromatic rings. The summed E-state index contributed by atoms with van der Waals surface area (Å²) < 4.78 is 5.18. The molecule has 0 bridgehead atoms. The molecule has 1 aliphatic rings. The van der Waals surface area contributed by atoms with Crippen molar-refractivity contribution >= 4 is 28.3 Å². The summed E-state index contributed by atoms with van der Waals surface area (Å²) in [5, 5.41) is 8.77. The van der Waals surface area contributed by atoms with Gasteiger partial charge in [0.1, 0.15) is 10.8 Å². The number of carbonyl (C=O) groups excluding carboxylic acids is 2. The van der Waals surface area contributed by atoms with Gasteiger partial charge in [0, 0.05) is 0 Å². The van der Waals surface area contributed by atoms with Crippen molar-refractivity contribution in [2.45, 2.75) is 12.5 Å². The molecule has 2 amide bonds. The number of nitrogens with zero attached hydrogens (tertiary/aromatic N) is 3. The van der Waals surface area contributed by atoms with Gasteiger partial charge in [-0.2, -0.15) is 0 Å². The van der Waals surface area contributed by atoms with Gasteiger partial charge in [0.05, 0.1) is 24.3 Å². The number of carbonyl (C=O) groups is 2. The van der Waals surface area contributed by atoms with Crippen LogP contribution in [0.2, 0.25) is 0 Å². The van der Waals surface area contributed by atoms with Crippen LogP contribution >= 0.6 is 11.3 Å². The molecule has 0 saturated heterocycles. The summed E-state index contributed by atoms with van der Waals surface area (Å²) in [7, 11) is 1.60. The van der Waals surface area contributed by atoms with E-state index in [9.17, 15) is 9.59 Å². The fourth-order valence-electron chi connectivity index (χ4n) is 3.15. The van der Waals surface area contributed by atoms with Gasteiger partial charge in [-0.3, -0.25) is 14.5 Å². The molecule has 0 fully saturated rings. The minimum atomic E-state index is -0.583. The van der Waals surface area contributed by atoms with E-state index in [0.717, 1.165) is 11.3 Å². The number of fused-ring (bicyclic) bond motifs is 1. The van der Waals surface area contributed by atoms with Gasteiger partial charge < -0.3 is 10.5 Å². The van der Waals surface area contributed by atoms with Crippen molar-refractivity contribution in [2.24, 2.45) is 0 Å². The monoisotopic (exact) mass is 380 g/mol. The second kappa shape index (κ2) is 6.81. The van der Waals surface area contributed by atoms with Crippen LogP contribution in [0, 0.1) is 0 Å². The molecule has 1 atom stereocenters. The van der Waals surface area contributed by atoms with Gasteiger partial charge >= 0.3 is 0 Å². The Labute approximate surface area is 159 Å². The lowest BCUT2D eigenvalue weighted by molar-refractivity contribution is 0.0580. The first-order valence-electron chi connectivity index (χ1n) is 8.27. The number of aromatic nitrogens is 2. The average Bonchev–Trinajstić information content (AvgIpc) is 3.23. The molecular weight excluding hydrogens is 364 g/mol. The van der Waals surface area contributed by atoms with Crippen molar-refractivity contribution in [1.82, 2.24) is 15.1 Å². The maximum absolute atomic E-state index is 12.9. The van der Waals surface area contributed by atoms with E-state index in [-0.39, 0.29) is 11.8 Å². The van der Waals surface area contributed by atoms with Crippen LogP contribution in [0.5, 0.6) is 5.75 Å². The van der Waals surface area contributed by atoms with Crippen molar-refractivity contribution in [3.05, 3.63) is 70.2 Å². The van der Waals surface area contributed by atoms with Crippen LogP contribution in [-0.4, -0.2) is 34.0 Å². The summed E-state index contributed by atoms with van der Waals surface area (Å²) in [6.45, 7) is 0. The Bertz CT molecular complexity index is 981. The molecule has 2 N–H and O–H groups in total. The molecule has 2 aromatic carbocycles. The number of imide groups is 1. The molecule has 0 saturated carbocycles. The second-order valence-corrected chi connectivity index (χ2v) is 7.11. The Balaban J connectivity index is 1.72. The standard InChI is InChI=1S/C19H16N4O3S/c1-26-12-8-6-11(7-9-12)10-15(16-21-22-19(20)27-16)23-17(24)13-4-2-3-5-14(13)18(23)25/h2-9,15H,10H2,1H3,(H2,20,22). The maximum atomic E-state index is 12.9. The summed E-state index contributed by atoms with van der Waals surface area (Å²) >= 11 is 1.18. The van der Waals surface area contributed by atoms with Gasteiger partial charge in [0.2, 0.25) is 5.13 Å². The van der Waals surface area contributed by atoms with E-state index < -0.39 is 6.04 Å². The first kappa shape index (κ1) is 17.2. The number of rotatable bonds is 5. The number of ether oxygens (including phenoxy) is 1. The van der Waals surface area contributed by atoms with Gasteiger partial charge in [-0.25, -0.2) is 0 Å². The zero-order valence-corrected chi connectivity index (χ0v) is 15.3. The Morgan fingerprint density at radius 2 is 1.67 bits per heavy atom. The normalized spacial score (nSPS) is 14.3. The highest BCUT2D eigenvalue weighted by Crippen LogP contribution is 2.35. The van der Waals surface area contributed by atoms with Gasteiger partial charge in [-0.15, -0.1) is 10.2 Å². The molecule has 1 aliphatic heterocycles. The van der Waals surface area contributed by atoms with Gasteiger partial charge in [0.25, 0.3) is 11.8 Å². The summed E-state index contributed by atoms with van der Waals surface area (Å²) in [6, 6.07) is 13.7. The lowest BCUT2D eigenvalue weighted by atomic mass is 10.0. The van der Waals surface area contributed by atoms with E-state index in [0.29, 0.717) is 27.7 Å². The Morgan fingerprint density at radius 3 is 2.19 bits per heavy atom. The van der Waals surface area contributed by atoms with E-state index in [2.05, 4.69) is 10.2 Å². The molecular formula is C19H16N4O3S. The molecule has 136 valence electrons. The number of hydrogen-bond acceptors (Lipinski definition) is 7. The van der Waals surface area contributed by atoms with Crippen molar-refractivity contribution in [1.29, 1.82) is 0 Å². The minimum absolute atomic E-state index is 0.293. The molecule has 0 radical (unpaired) electrons. The van der Waals surface area contributed by atoms with Crippen molar-refractivity contribution in [2.75, 3.05) is 12.8 Å². The molecule has 27 heavy (non-hydrogen) atoms. The number of nitrogens with two attached hydrogens (primary N) is 1. The number of benzene rings is 2. The molecule has 4 rings (SSSR count). The molecule has 2 heterocycles. The zero-order valence-electron chi connectivity index (χ0n) is 14.5. The fourth-order valence-corrected chi connectivity index (χ4v) is 3.85. The zero-order chi connectivity index (χ0) is 19.0. The van der Waals surface area contributed by atoms with Crippen LogP contribution in [0.25, 0.3) is 0 Å². The number of nitrogen functional groups attached to an aromatic ring is 1. The highest BCUT2D eigenvalue weighted by atomic mass is 32.1. The number of amides is 2. The van der Waals surface area contributed by atoms with E-state index in [4.69, 9.17) is 10.5 Å². The summed E-state index contributed by atoms with van der Waals surface area (Å²) in [4.78, 5) is 27.1. The van der Waals surface area contributed by atoms with Crippen molar-refractivity contribution in [3.63, 3.8) is 0 Å². The average molecular weight is 380 g/mol. The van der Waals surface area contributed by atoms with Crippen LogP contribution < -0.4 is 10.5 Å². The third-order valence-corrected chi connectivity index (χ3v) is 5.32. The van der Waals surface area contributed by atoms with Crippen LogP contribution in [0.15, 0.2) is 48.5 Å². The Kier molecular flexibility index (Phi) is 4.33. The molecule has 0 aliphatic carbocycles. The number of hydrogen-bond donors (Lipinski definition) is 1. The quantitative estimate of drug-likeness (QED) is 0.684. The molecule has 1 unspecified atom stereocenters. The summed E-state index contributed by atoms with van der Waals surface area (Å²) in [6.07, 6.45) is 0.407. The first-order chi connectivity index (χ1) is 13.1. The third-order valence-electron chi connectivity index (χ3n) is 4.47. The lowest BCUT2D eigenvalue weighted by Gasteiger charge is -2.24. The van der Waals surface area contributed by atoms with Crippen LogP contribution in [0.4, 0.5) is 5.13 Å². The van der Waals surface area contributed by atoms with Crippen molar-refractivity contribution < 1.29 is 14.3 Å². The van der Waals surface area contributed by atoms with Gasteiger partial charge in [-0.05, 0) is 36.2 Å². The van der Waals surface area contributed by atoms with Crippen LogP contribution in [0.3, 0.4) is 0 Å². The largest absolute Gasteiger partial charge is 0.497 e. The van der Waals surface area contributed by atoms with E-state index >= 15 is 0 Å². The summed E-state index contributed by atoms with van der Waals surface area (Å²) in [5.41, 5.74) is 7.48. The van der Waals surface area contributed by atoms with Crippen molar-refractivity contribution in [3.8, 4) is 5.75 Å². The number of anilines is 1.